The quantitative estimate of drug-likeness (QED) is 0.470. The number of rotatable bonds is 6. The lowest BCUT2D eigenvalue weighted by Crippen LogP contribution is -2.11. The lowest BCUT2D eigenvalue weighted by Gasteiger charge is -2.02. The minimum Gasteiger partial charge on any atom is -0.467 e. The number of thioether (sulfide) groups is 1. The van der Waals surface area contributed by atoms with Crippen molar-refractivity contribution >= 4 is 17.5 Å². The molecule has 2 rings (SSSR count). The van der Waals surface area contributed by atoms with Gasteiger partial charge in [-0.15, -0.1) is 5.10 Å². The number of nitriles is 1. The van der Waals surface area contributed by atoms with Gasteiger partial charge in [0.05, 0.1) is 12.0 Å². The molecule has 0 aromatic carbocycles. The molecule has 0 radical (unpaired) electrons. The number of allylic oxidation sites excluding steroid dienone is 2. The molecule has 108 valence electrons. The maximum atomic E-state index is 11.9. The molecule has 0 spiro atoms. The van der Waals surface area contributed by atoms with Crippen LogP contribution in [0.25, 0.3) is 0 Å². The average Bonchev–Trinajstić information content (AvgIpc) is 3.09. The summed E-state index contributed by atoms with van der Waals surface area (Å²) in [4.78, 5) is 11.9. The van der Waals surface area contributed by atoms with Crippen LogP contribution in [0.3, 0.4) is 0 Å². The highest BCUT2D eigenvalue weighted by Crippen LogP contribution is 2.17. The number of hydrogen-bond acceptors (Lipinski definition) is 8. The van der Waals surface area contributed by atoms with Gasteiger partial charge < -0.3 is 10.2 Å². The number of Topliss-reactive ketones (excluding diaryl/α,β-unsaturated/α-hetero) is 1. The predicted octanol–water partition coefficient (Wildman–Crippen LogP) is 0.732. The number of aromatic nitrogens is 4. The third-order valence-corrected chi connectivity index (χ3v) is 3.46. The fourth-order valence-electron chi connectivity index (χ4n) is 1.52. The van der Waals surface area contributed by atoms with Gasteiger partial charge in [-0.1, -0.05) is 11.8 Å². The van der Waals surface area contributed by atoms with E-state index in [4.69, 9.17) is 15.4 Å². The molecule has 2 aromatic rings. The summed E-state index contributed by atoms with van der Waals surface area (Å²) in [5, 5.41) is 20.6. The van der Waals surface area contributed by atoms with Gasteiger partial charge in [-0.2, -0.15) is 5.26 Å². The number of ketones is 1. The Balaban J connectivity index is 2.02. The fourth-order valence-corrected chi connectivity index (χ4v) is 2.27. The Bertz CT molecular complexity index is 694. The van der Waals surface area contributed by atoms with Crippen molar-refractivity contribution in [1.82, 2.24) is 20.2 Å². The monoisotopic (exact) mass is 304 g/mol. The van der Waals surface area contributed by atoms with E-state index in [1.807, 2.05) is 0 Å². The molecule has 8 nitrogen and oxygen atoms in total. The van der Waals surface area contributed by atoms with Crippen LogP contribution in [0.15, 0.2) is 39.2 Å². The number of carbonyl (C=O) groups is 1. The molecular formula is C12H12N6O2S. The van der Waals surface area contributed by atoms with Crippen LogP contribution in [0, 0.1) is 11.3 Å². The Morgan fingerprint density at radius 1 is 1.62 bits per heavy atom. The first-order chi connectivity index (χ1) is 10.1. The van der Waals surface area contributed by atoms with Crippen molar-refractivity contribution in [1.29, 1.82) is 5.26 Å². The van der Waals surface area contributed by atoms with E-state index in [0.717, 1.165) is 11.8 Å². The molecule has 0 unspecified atom stereocenters. The van der Waals surface area contributed by atoms with Crippen LogP contribution in [0.2, 0.25) is 0 Å². The van der Waals surface area contributed by atoms with Crippen LogP contribution in [0.1, 0.15) is 12.7 Å². The summed E-state index contributed by atoms with van der Waals surface area (Å²) in [6.45, 7) is 1.88. The van der Waals surface area contributed by atoms with Gasteiger partial charge in [0.25, 0.3) is 0 Å². The highest BCUT2D eigenvalue weighted by Gasteiger charge is 2.15. The van der Waals surface area contributed by atoms with E-state index >= 15 is 0 Å². The molecule has 0 aliphatic heterocycles. The van der Waals surface area contributed by atoms with Gasteiger partial charge in [0, 0.05) is 5.70 Å². The number of tetrazole rings is 1. The summed E-state index contributed by atoms with van der Waals surface area (Å²) >= 11 is 1.14. The molecule has 0 aliphatic carbocycles. The van der Waals surface area contributed by atoms with Crippen molar-refractivity contribution in [3.8, 4) is 6.07 Å². The lowest BCUT2D eigenvalue weighted by molar-refractivity contribution is -0.112. The Morgan fingerprint density at radius 3 is 3.05 bits per heavy atom. The SMILES string of the molecule is C/C(N)=C(\C#N)C(=O)CSc1nnnn1Cc1ccco1. The molecule has 21 heavy (non-hydrogen) atoms. The number of nitrogens with two attached hydrogens (primary N) is 1. The number of nitrogens with zero attached hydrogens (tertiary/aromatic N) is 5. The standard InChI is InChI=1S/C12H12N6O2S/c1-8(14)10(5-13)11(19)7-21-12-15-16-17-18(12)6-9-3-2-4-20-9/h2-4H,6-7,14H2,1H3/b10-8-. The Morgan fingerprint density at radius 2 is 2.43 bits per heavy atom. The number of furan rings is 1. The average molecular weight is 304 g/mol. The van der Waals surface area contributed by atoms with Crippen molar-refractivity contribution in [2.75, 3.05) is 5.75 Å². The first kappa shape index (κ1) is 14.8. The van der Waals surface area contributed by atoms with Crippen LogP contribution >= 0.6 is 11.8 Å². The van der Waals surface area contributed by atoms with Gasteiger partial charge in [-0.25, -0.2) is 4.68 Å². The molecule has 0 saturated carbocycles. The van der Waals surface area contributed by atoms with Gasteiger partial charge in [0.1, 0.15) is 23.9 Å². The molecular weight excluding hydrogens is 292 g/mol. The van der Waals surface area contributed by atoms with E-state index in [0.29, 0.717) is 17.5 Å². The number of hydrogen-bond donors (Lipinski definition) is 1. The molecule has 0 bridgehead atoms. The summed E-state index contributed by atoms with van der Waals surface area (Å²) in [5.74, 6) is 0.386. The predicted molar refractivity (Wildman–Crippen MR) is 73.9 cm³/mol. The molecule has 9 heteroatoms. The third kappa shape index (κ3) is 3.70. The van der Waals surface area contributed by atoms with Crippen LogP contribution < -0.4 is 5.73 Å². The zero-order chi connectivity index (χ0) is 15.2. The molecule has 2 aromatic heterocycles. The van der Waals surface area contributed by atoms with E-state index in [-0.39, 0.29) is 22.8 Å². The second-order valence-corrected chi connectivity index (χ2v) is 5.02. The molecule has 2 N–H and O–H groups in total. The smallest absolute Gasteiger partial charge is 0.210 e. The van der Waals surface area contributed by atoms with Crippen LogP contribution in [-0.4, -0.2) is 31.7 Å². The lowest BCUT2D eigenvalue weighted by atomic mass is 10.2. The second-order valence-electron chi connectivity index (χ2n) is 4.08. The van der Waals surface area contributed by atoms with Crippen LogP contribution in [-0.2, 0) is 11.3 Å². The zero-order valence-electron chi connectivity index (χ0n) is 11.2. The van der Waals surface area contributed by atoms with Gasteiger partial charge in [0.2, 0.25) is 5.16 Å². The first-order valence-corrected chi connectivity index (χ1v) is 6.91. The van der Waals surface area contributed by atoms with Crippen molar-refractivity contribution in [2.24, 2.45) is 5.73 Å². The van der Waals surface area contributed by atoms with E-state index in [9.17, 15) is 4.79 Å². The Labute approximate surface area is 124 Å². The van der Waals surface area contributed by atoms with Crippen molar-refractivity contribution < 1.29 is 9.21 Å². The summed E-state index contributed by atoms with van der Waals surface area (Å²) in [7, 11) is 0. The maximum absolute atomic E-state index is 11.9. The summed E-state index contributed by atoms with van der Waals surface area (Å²) < 4.78 is 6.73. The van der Waals surface area contributed by atoms with E-state index in [2.05, 4.69) is 15.5 Å². The molecule has 0 fully saturated rings. The number of carbonyl (C=O) groups excluding carboxylic acids is 1. The maximum Gasteiger partial charge on any atom is 0.210 e. The molecule has 2 heterocycles. The van der Waals surface area contributed by atoms with E-state index < -0.39 is 0 Å². The van der Waals surface area contributed by atoms with Crippen LogP contribution in [0.4, 0.5) is 0 Å². The fraction of sp³-hybridized carbons (Fsp3) is 0.250. The zero-order valence-corrected chi connectivity index (χ0v) is 12.0. The van der Waals surface area contributed by atoms with Crippen molar-refractivity contribution in [3.05, 3.63) is 35.4 Å². The molecule has 0 aliphatic rings. The van der Waals surface area contributed by atoms with Crippen molar-refractivity contribution in [3.63, 3.8) is 0 Å². The highest BCUT2D eigenvalue weighted by atomic mass is 32.2. The summed E-state index contributed by atoms with van der Waals surface area (Å²) in [6.07, 6.45) is 1.56. The third-order valence-electron chi connectivity index (χ3n) is 2.50. The molecule has 0 amide bonds. The highest BCUT2D eigenvalue weighted by molar-refractivity contribution is 7.99. The largest absolute Gasteiger partial charge is 0.467 e. The Kier molecular flexibility index (Phi) is 4.73. The van der Waals surface area contributed by atoms with Crippen molar-refractivity contribution in [2.45, 2.75) is 18.6 Å². The normalized spacial score (nSPS) is 11.8. The minimum absolute atomic E-state index is 0.0347. The summed E-state index contributed by atoms with van der Waals surface area (Å²) in [6, 6.07) is 5.37. The van der Waals surface area contributed by atoms with Gasteiger partial charge in [-0.05, 0) is 29.5 Å². The van der Waals surface area contributed by atoms with Gasteiger partial charge in [0.15, 0.2) is 5.78 Å². The van der Waals surface area contributed by atoms with Gasteiger partial charge >= 0.3 is 0 Å². The molecule has 0 saturated heterocycles. The molecule has 0 atom stereocenters. The van der Waals surface area contributed by atoms with Crippen LogP contribution in [0.5, 0.6) is 0 Å². The van der Waals surface area contributed by atoms with E-state index in [1.165, 1.54) is 11.6 Å². The topological polar surface area (TPSA) is 124 Å². The first-order valence-electron chi connectivity index (χ1n) is 5.92. The Hall–Kier alpha value is -2.60. The van der Waals surface area contributed by atoms with Gasteiger partial charge in [-0.3, -0.25) is 4.79 Å². The van der Waals surface area contributed by atoms with E-state index in [1.54, 1.807) is 24.5 Å². The second kappa shape index (κ2) is 6.71. The minimum atomic E-state index is -0.352. The summed E-state index contributed by atoms with van der Waals surface area (Å²) in [5.41, 5.74) is 5.66.